The second kappa shape index (κ2) is 6.76. The molecule has 0 aliphatic heterocycles. The fraction of sp³-hybridized carbons (Fsp3) is 0.400. The summed E-state index contributed by atoms with van der Waals surface area (Å²) in [6.45, 7) is 5.24. The minimum Gasteiger partial charge on any atom is -0.508 e. The number of carbonyl (C=O) groups is 1. The third-order valence-electron chi connectivity index (χ3n) is 3.02. The van der Waals surface area contributed by atoms with Gasteiger partial charge in [-0.15, -0.1) is 0 Å². The lowest BCUT2D eigenvalue weighted by Crippen LogP contribution is -2.19. The van der Waals surface area contributed by atoms with Crippen molar-refractivity contribution in [3.63, 3.8) is 0 Å². The lowest BCUT2D eigenvalue weighted by atomic mass is 10.0. The van der Waals surface area contributed by atoms with Crippen LogP contribution in [0.15, 0.2) is 18.2 Å². The minimum absolute atomic E-state index is 0.0994. The van der Waals surface area contributed by atoms with Crippen LogP contribution in [-0.2, 0) is 4.57 Å². The summed E-state index contributed by atoms with van der Waals surface area (Å²) in [5, 5.41) is 12.4. The highest BCUT2D eigenvalue weighted by atomic mass is 31.2. The smallest absolute Gasteiger partial charge is 0.251 e. The van der Waals surface area contributed by atoms with Gasteiger partial charge in [0.25, 0.3) is 5.91 Å². The number of carbonyl (C=O) groups excluding carboxylic acids is 1. The number of amides is 1. The van der Waals surface area contributed by atoms with Gasteiger partial charge in [0.05, 0.1) is 7.14 Å². The first-order valence-electron chi connectivity index (χ1n) is 6.51. The highest BCUT2D eigenvalue weighted by molar-refractivity contribution is 7.62. The number of benzene rings is 1. The zero-order valence-corrected chi connectivity index (χ0v) is 13.3. The Morgan fingerprint density at radius 2 is 2.05 bits per heavy atom. The largest absolute Gasteiger partial charge is 0.508 e. The average molecular weight is 295 g/mol. The Labute approximate surface area is 120 Å². The molecule has 1 aromatic rings. The molecule has 1 rings (SSSR count). The number of hydrogen-bond acceptors (Lipinski definition) is 3. The minimum atomic E-state index is -2.00. The van der Waals surface area contributed by atoms with E-state index in [4.69, 9.17) is 0 Å². The average Bonchev–Trinajstić information content (AvgIpc) is 2.36. The first-order valence-corrected chi connectivity index (χ1v) is 9.29. The van der Waals surface area contributed by atoms with E-state index in [-0.39, 0.29) is 11.7 Å². The molecule has 0 atom stereocenters. The van der Waals surface area contributed by atoms with Gasteiger partial charge in [-0.25, -0.2) is 0 Å². The molecule has 0 heterocycles. The maximum absolute atomic E-state index is 11.7. The molecule has 0 aromatic heterocycles. The molecular weight excluding hydrogens is 273 g/mol. The van der Waals surface area contributed by atoms with Gasteiger partial charge in [0.15, 0.2) is 0 Å². The monoisotopic (exact) mass is 295 g/mol. The van der Waals surface area contributed by atoms with Crippen LogP contribution in [0.5, 0.6) is 5.75 Å². The summed E-state index contributed by atoms with van der Waals surface area (Å²) < 4.78 is 11.6. The summed E-state index contributed by atoms with van der Waals surface area (Å²) in [7, 11) is -0.442. The number of phenolic OH excluding ortho intramolecular Hbond substituents is 1. The number of phenols is 1. The van der Waals surface area contributed by atoms with E-state index in [0.717, 1.165) is 5.56 Å². The highest BCUT2D eigenvalue weighted by Gasteiger charge is 2.11. The zero-order valence-electron chi connectivity index (χ0n) is 12.4. The molecule has 0 spiro atoms. The Balaban J connectivity index is 2.92. The molecule has 0 unspecified atom stereocenters. The lowest BCUT2D eigenvalue weighted by Gasteiger charge is -2.08. The standard InChI is InChI=1S/C15H22NO3P/c1-11-13(15(18)16-2)9-12(10-14(11)17)7-5-6-8-20(3,4)19/h5,7,9-10,17H,6,8H2,1-4H3,(H,16,18)/b7-5-. The van der Waals surface area contributed by atoms with Crippen molar-refractivity contribution in [1.29, 1.82) is 0 Å². The first kappa shape index (κ1) is 16.5. The summed E-state index contributed by atoms with van der Waals surface area (Å²) in [6.07, 6.45) is 5.12. The number of rotatable bonds is 5. The topological polar surface area (TPSA) is 66.4 Å². The molecule has 0 aliphatic rings. The SMILES string of the molecule is CNC(=O)c1cc(/C=C\CCP(C)(C)=O)cc(O)c1C. The Morgan fingerprint density at radius 1 is 1.40 bits per heavy atom. The van der Waals surface area contributed by atoms with Crippen LogP contribution < -0.4 is 5.32 Å². The zero-order chi connectivity index (χ0) is 15.3. The van der Waals surface area contributed by atoms with Gasteiger partial charge >= 0.3 is 0 Å². The fourth-order valence-corrected chi connectivity index (χ4v) is 2.56. The molecule has 0 radical (unpaired) electrons. The summed E-state index contributed by atoms with van der Waals surface area (Å²) in [5.74, 6) is -0.123. The van der Waals surface area contributed by atoms with Crippen LogP contribution in [0.25, 0.3) is 6.08 Å². The van der Waals surface area contributed by atoms with Crippen molar-refractivity contribution in [1.82, 2.24) is 5.32 Å². The second-order valence-electron chi connectivity index (χ2n) is 5.28. The molecule has 0 bridgehead atoms. The van der Waals surface area contributed by atoms with Crippen LogP contribution >= 0.6 is 7.14 Å². The Bertz CT molecular complexity index is 573. The van der Waals surface area contributed by atoms with E-state index in [1.54, 1.807) is 39.4 Å². The molecular formula is C15H22NO3P. The third kappa shape index (κ3) is 4.86. The fourth-order valence-electron chi connectivity index (χ4n) is 1.79. The Hall–Kier alpha value is -1.54. The van der Waals surface area contributed by atoms with Crippen molar-refractivity contribution in [2.45, 2.75) is 13.3 Å². The number of aromatic hydroxyl groups is 1. The van der Waals surface area contributed by atoms with Crippen LogP contribution in [0.3, 0.4) is 0 Å². The van der Waals surface area contributed by atoms with Gasteiger partial charge in [-0.3, -0.25) is 4.79 Å². The molecule has 1 aromatic carbocycles. The first-order chi connectivity index (χ1) is 9.24. The van der Waals surface area contributed by atoms with E-state index in [0.29, 0.717) is 23.7 Å². The van der Waals surface area contributed by atoms with Gasteiger partial charge in [-0.05, 0) is 44.4 Å². The normalized spacial score (nSPS) is 11.8. The molecule has 0 fully saturated rings. The lowest BCUT2D eigenvalue weighted by molar-refractivity contribution is 0.0962. The molecule has 5 heteroatoms. The van der Waals surface area contributed by atoms with Gasteiger partial charge < -0.3 is 15.0 Å². The predicted molar refractivity (Wildman–Crippen MR) is 84.2 cm³/mol. The van der Waals surface area contributed by atoms with Gasteiger partial charge in [-0.2, -0.15) is 0 Å². The molecule has 0 aliphatic carbocycles. The van der Waals surface area contributed by atoms with Gasteiger partial charge in [0, 0.05) is 24.3 Å². The van der Waals surface area contributed by atoms with Gasteiger partial charge in [0.2, 0.25) is 0 Å². The van der Waals surface area contributed by atoms with Crippen molar-refractivity contribution < 1.29 is 14.5 Å². The summed E-state index contributed by atoms with van der Waals surface area (Å²) in [6, 6.07) is 3.36. The van der Waals surface area contributed by atoms with Gasteiger partial charge in [-0.1, -0.05) is 12.2 Å². The van der Waals surface area contributed by atoms with Crippen molar-refractivity contribution in [2.24, 2.45) is 0 Å². The molecule has 20 heavy (non-hydrogen) atoms. The molecule has 2 N–H and O–H groups in total. The summed E-state index contributed by atoms with van der Waals surface area (Å²) in [5.41, 5.74) is 1.78. The number of hydrogen-bond donors (Lipinski definition) is 2. The molecule has 4 nitrogen and oxygen atoms in total. The van der Waals surface area contributed by atoms with E-state index in [1.165, 1.54) is 0 Å². The van der Waals surface area contributed by atoms with E-state index >= 15 is 0 Å². The number of allylic oxidation sites excluding steroid dienone is 1. The van der Waals surface area contributed by atoms with Gasteiger partial charge in [0.1, 0.15) is 5.75 Å². The van der Waals surface area contributed by atoms with Crippen molar-refractivity contribution >= 4 is 19.1 Å². The van der Waals surface area contributed by atoms with E-state index in [1.807, 2.05) is 12.2 Å². The van der Waals surface area contributed by atoms with Crippen LogP contribution in [0, 0.1) is 6.92 Å². The molecule has 0 saturated heterocycles. The number of nitrogens with one attached hydrogen (secondary N) is 1. The van der Waals surface area contributed by atoms with E-state index in [2.05, 4.69) is 5.32 Å². The molecule has 110 valence electrons. The molecule has 0 saturated carbocycles. The maximum atomic E-state index is 11.7. The Morgan fingerprint density at radius 3 is 2.60 bits per heavy atom. The van der Waals surface area contributed by atoms with Crippen LogP contribution in [0.4, 0.5) is 0 Å². The summed E-state index contributed by atoms with van der Waals surface area (Å²) in [4.78, 5) is 11.7. The van der Waals surface area contributed by atoms with E-state index < -0.39 is 7.14 Å². The second-order valence-corrected chi connectivity index (χ2v) is 8.88. The predicted octanol–water partition coefficient (Wildman–Crippen LogP) is 3.09. The van der Waals surface area contributed by atoms with Crippen LogP contribution in [0.1, 0.15) is 27.9 Å². The Kier molecular flexibility index (Phi) is 5.58. The maximum Gasteiger partial charge on any atom is 0.251 e. The van der Waals surface area contributed by atoms with Crippen LogP contribution in [-0.4, -0.2) is 37.6 Å². The molecule has 1 amide bonds. The quantitative estimate of drug-likeness (QED) is 0.820. The van der Waals surface area contributed by atoms with Crippen molar-refractivity contribution in [3.05, 3.63) is 34.9 Å². The van der Waals surface area contributed by atoms with Crippen LogP contribution in [0.2, 0.25) is 0 Å². The highest BCUT2D eigenvalue weighted by Crippen LogP contribution is 2.36. The van der Waals surface area contributed by atoms with Crippen molar-refractivity contribution in [2.75, 3.05) is 26.5 Å². The summed E-state index contributed by atoms with van der Waals surface area (Å²) >= 11 is 0. The third-order valence-corrected chi connectivity index (χ3v) is 4.35. The van der Waals surface area contributed by atoms with Crippen molar-refractivity contribution in [3.8, 4) is 5.75 Å². The van der Waals surface area contributed by atoms with E-state index in [9.17, 15) is 14.5 Å².